The number of rotatable bonds is 9. The number of hydrogen-bond acceptors (Lipinski definition) is 4. The van der Waals surface area contributed by atoms with Gasteiger partial charge in [-0.3, -0.25) is 0 Å². The Hall–Kier alpha value is -1.26. The molecular weight excluding hydrogens is 276 g/mol. The van der Waals surface area contributed by atoms with Crippen LogP contribution in [0.3, 0.4) is 0 Å². The molecule has 0 spiro atoms. The Labute approximate surface area is 135 Å². The zero-order chi connectivity index (χ0) is 16.8. The first kappa shape index (κ1) is 18.8. The second kappa shape index (κ2) is 8.39. The third-order valence-corrected chi connectivity index (χ3v) is 3.30. The lowest BCUT2D eigenvalue weighted by molar-refractivity contribution is 0.222. The minimum Gasteiger partial charge on any atom is -0.493 e. The summed E-state index contributed by atoms with van der Waals surface area (Å²) in [5.41, 5.74) is 1.36. The first-order valence-electron chi connectivity index (χ1n) is 7.93. The van der Waals surface area contributed by atoms with E-state index >= 15 is 0 Å². The molecule has 126 valence electrons. The second-order valence-electron chi connectivity index (χ2n) is 7.12. The van der Waals surface area contributed by atoms with Crippen molar-refractivity contribution >= 4 is 0 Å². The van der Waals surface area contributed by atoms with Crippen LogP contribution < -0.4 is 14.8 Å². The van der Waals surface area contributed by atoms with Crippen LogP contribution in [0.25, 0.3) is 0 Å². The lowest BCUT2D eigenvalue weighted by Gasteiger charge is -2.28. The molecule has 0 saturated heterocycles. The van der Waals surface area contributed by atoms with Gasteiger partial charge >= 0.3 is 0 Å². The van der Waals surface area contributed by atoms with Crippen molar-refractivity contribution in [2.24, 2.45) is 5.41 Å². The van der Waals surface area contributed by atoms with Crippen LogP contribution in [0.4, 0.5) is 0 Å². The van der Waals surface area contributed by atoms with Gasteiger partial charge in [-0.25, -0.2) is 0 Å². The van der Waals surface area contributed by atoms with E-state index in [1.807, 2.05) is 26.0 Å². The Morgan fingerprint density at radius 1 is 1.23 bits per heavy atom. The number of nitrogens with one attached hydrogen (secondary N) is 1. The van der Waals surface area contributed by atoms with Gasteiger partial charge in [-0.05, 0) is 39.4 Å². The normalized spacial score (nSPS) is 12.0. The van der Waals surface area contributed by atoms with Crippen LogP contribution >= 0.6 is 0 Å². The van der Waals surface area contributed by atoms with Crippen molar-refractivity contribution in [3.8, 4) is 11.5 Å². The van der Waals surface area contributed by atoms with Gasteiger partial charge in [0.25, 0.3) is 0 Å². The fraction of sp³-hybridized carbons (Fsp3) is 0.667. The summed E-state index contributed by atoms with van der Waals surface area (Å²) < 4.78 is 11.4. The summed E-state index contributed by atoms with van der Waals surface area (Å²) in [6, 6.07) is 6.04. The largest absolute Gasteiger partial charge is 0.493 e. The van der Waals surface area contributed by atoms with Crippen LogP contribution in [0.1, 0.15) is 33.3 Å². The van der Waals surface area contributed by atoms with E-state index in [-0.39, 0.29) is 11.5 Å². The Morgan fingerprint density at radius 3 is 2.45 bits per heavy atom. The molecule has 0 bridgehead atoms. The highest BCUT2D eigenvalue weighted by Crippen LogP contribution is 2.32. The molecule has 0 atom stereocenters. The first-order chi connectivity index (χ1) is 10.2. The summed E-state index contributed by atoms with van der Waals surface area (Å²) in [5, 5.41) is 3.55. The van der Waals surface area contributed by atoms with Gasteiger partial charge in [-0.2, -0.15) is 0 Å². The molecule has 0 aromatic heterocycles. The molecule has 1 N–H and O–H groups in total. The van der Waals surface area contributed by atoms with Crippen molar-refractivity contribution in [3.05, 3.63) is 23.8 Å². The van der Waals surface area contributed by atoms with Gasteiger partial charge in [0.05, 0.1) is 13.2 Å². The van der Waals surface area contributed by atoms with E-state index < -0.39 is 0 Å². The van der Waals surface area contributed by atoms with Crippen LogP contribution in [-0.4, -0.2) is 45.3 Å². The molecular formula is C18H32N2O2. The summed E-state index contributed by atoms with van der Waals surface area (Å²) in [7, 11) is 5.90. The fourth-order valence-electron chi connectivity index (χ4n) is 2.68. The van der Waals surface area contributed by atoms with Crippen molar-refractivity contribution in [1.82, 2.24) is 10.2 Å². The van der Waals surface area contributed by atoms with Crippen LogP contribution in [0.2, 0.25) is 0 Å². The highest BCUT2D eigenvalue weighted by molar-refractivity contribution is 5.46. The Bertz CT molecular complexity index is 456. The number of benzene rings is 1. The molecule has 22 heavy (non-hydrogen) atoms. The molecule has 0 unspecified atom stereocenters. The first-order valence-corrected chi connectivity index (χ1v) is 7.93. The summed E-state index contributed by atoms with van der Waals surface area (Å²) >= 11 is 0. The molecule has 0 aliphatic rings. The van der Waals surface area contributed by atoms with Crippen molar-refractivity contribution in [1.29, 1.82) is 0 Å². The van der Waals surface area contributed by atoms with E-state index in [9.17, 15) is 0 Å². The zero-order valence-electron chi connectivity index (χ0n) is 15.2. The lowest BCUT2D eigenvalue weighted by atomic mass is 9.93. The highest BCUT2D eigenvalue weighted by atomic mass is 16.5. The quantitative estimate of drug-likeness (QED) is 0.760. The summed E-state index contributed by atoms with van der Waals surface area (Å²) in [6.45, 7) is 11.4. The maximum absolute atomic E-state index is 5.94. The fourth-order valence-corrected chi connectivity index (χ4v) is 2.68. The molecule has 1 aromatic rings. The molecule has 1 rings (SSSR count). The number of ether oxygens (including phenoxy) is 2. The predicted octanol–water partition coefficient (Wildman–Crippen LogP) is 3.16. The molecule has 0 radical (unpaired) electrons. The standard InChI is InChI=1S/C18H32N2O2/c1-14(2)22-17-15(9-8-10-16(17)21-7)11-19-12-18(3,4)13-20(5)6/h8-10,14,19H,11-13H2,1-7H3. The van der Waals surface area contributed by atoms with Crippen molar-refractivity contribution in [2.45, 2.75) is 40.3 Å². The Balaban J connectivity index is 2.73. The van der Waals surface area contributed by atoms with Crippen molar-refractivity contribution < 1.29 is 9.47 Å². The third kappa shape index (κ3) is 6.24. The summed E-state index contributed by atoms with van der Waals surface area (Å²) in [5.74, 6) is 1.64. The maximum Gasteiger partial charge on any atom is 0.166 e. The van der Waals surface area contributed by atoms with Gasteiger partial charge in [0.1, 0.15) is 0 Å². The highest BCUT2D eigenvalue weighted by Gasteiger charge is 2.19. The minimum absolute atomic E-state index is 0.125. The van der Waals surface area contributed by atoms with Crippen molar-refractivity contribution in [3.63, 3.8) is 0 Å². The van der Waals surface area contributed by atoms with Gasteiger partial charge in [0.2, 0.25) is 0 Å². The van der Waals surface area contributed by atoms with E-state index in [4.69, 9.17) is 9.47 Å². The topological polar surface area (TPSA) is 33.7 Å². The molecule has 0 aliphatic carbocycles. The monoisotopic (exact) mass is 308 g/mol. The van der Waals surface area contributed by atoms with E-state index in [0.29, 0.717) is 0 Å². The van der Waals surface area contributed by atoms with Crippen molar-refractivity contribution in [2.75, 3.05) is 34.3 Å². The smallest absolute Gasteiger partial charge is 0.166 e. The average Bonchev–Trinajstić information content (AvgIpc) is 2.38. The van der Waals surface area contributed by atoms with Gasteiger partial charge in [0.15, 0.2) is 11.5 Å². The molecule has 0 saturated carbocycles. The van der Waals surface area contributed by atoms with Crippen LogP contribution in [-0.2, 0) is 6.54 Å². The maximum atomic E-state index is 5.94. The number of hydrogen-bond donors (Lipinski definition) is 1. The number of nitrogens with zero attached hydrogens (tertiary/aromatic N) is 1. The van der Waals surface area contributed by atoms with Crippen LogP contribution in [0.5, 0.6) is 11.5 Å². The average molecular weight is 308 g/mol. The van der Waals surface area contributed by atoms with E-state index in [1.165, 1.54) is 0 Å². The van der Waals surface area contributed by atoms with Gasteiger partial charge in [-0.1, -0.05) is 26.0 Å². The van der Waals surface area contributed by atoms with Crippen LogP contribution in [0, 0.1) is 5.41 Å². The molecule has 0 fully saturated rings. The van der Waals surface area contributed by atoms with E-state index in [2.05, 4.69) is 44.2 Å². The Kier molecular flexibility index (Phi) is 7.17. The summed E-state index contributed by atoms with van der Waals surface area (Å²) in [6.07, 6.45) is 0.125. The molecule has 0 aliphatic heterocycles. The van der Waals surface area contributed by atoms with Gasteiger partial charge < -0.3 is 19.7 Å². The zero-order valence-corrected chi connectivity index (χ0v) is 15.2. The van der Waals surface area contributed by atoms with E-state index in [1.54, 1.807) is 7.11 Å². The molecule has 0 amide bonds. The number of methoxy groups -OCH3 is 1. The summed E-state index contributed by atoms with van der Waals surface area (Å²) in [4.78, 5) is 2.22. The minimum atomic E-state index is 0.125. The Morgan fingerprint density at radius 2 is 1.91 bits per heavy atom. The van der Waals surface area contributed by atoms with E-state index in [0.717, 1.165) is 36.7 Å². The molecule has 4 heteroatoms. The van der Waals surface area contributed by atoms with Gasteiger partial charge in [-0.15, -0.1) is 0 Å². The number of para-hydroxylation sites is 1. The van der Waals surface area contributed by atoms with Gasteiger partial charge in [0, 0.05) is 25.2 Å². The molecule has 4 nitrogen and oxygen atoms in total. The molecule has 1 aromatic carbocycles. The lowest BCUT2D eigenvalue weighted by Crippen LogP contribution is -2.37. The second-order valence-corrected chi connectivity index (χ2v) is 7.12. The third-order valence-electron chi connectivity index (χ3n) is 3.30. The molecule has 0 heterocycles. The SMILES string of the molecule is COc1cccc(CNCC(C)(C)CN(C)C)c1OC(C)C. The predicted molar refractivity (Wildman–Crippen MR) is 92.8 cm³/mol. The van der Waals surface area contributed by atoms with Crippen LogP contribution in [0.15, 0.2) is 18.2 Å².